The first-order chi connectivity index (χ1) is 6.10. The van der Waals surface area contributed by atoms with Gasteiger partial charge in [0.15, 0.2) is 5.78 Å². The van der Waals surface area contributed by atoms with Gasteiger partial charge in [-0.15, -0.1) is 11.8 Å². The highest BCUT2D eigenvalue weighted by Crippen LogP contribution is 2.40. The van der Waals surface area contributed by atoms with Crippen molar-refractivity contribution in [2.45, 2.75) is 51.2 Å². The molecule has 0 saturated carbocycles. The van der Waals surface area contributed by atoms with Crippen LogP contribution in [0.4, 0.5) is 0 Å². The largest absolute Gasteiger partial charge is 0.298 e. The van der Waals surface area contributed by atoms with Crippen molar-refractivity contribution in [2.75, 3.05) is 5.75 Å². The van der Waals surface area contributed by atoms with Crippen LogP contribution in [0.3, 0.4) is 0 Å². The van der Waals surface area contributed by atoms with Gasteiger partial charge in [-0.2, -0.15) is 0 Å². The maximum absolute atomic E-state index is 12.0. The van der Waals surface area contributed by atoms with Gasteiger partial charge in [-0.1, -0.05) is 20.3 Å². The predicted octanol–water partition coefficient (Wildman–Crippen LogP) is 3.28. The Morgan fingerprint density at radius 3 is 2.77 bits per heavy atom. The number of carbonyl (C=O) groups is 1. The van der Waals surface area contributed by atoms with E-state index in [4.69, 9.17) is 0 Å². The molecule has 1 heterocycles. The van der Waals surface area contributed by atoms with Gasteiger partial charge in [0.05, 0.1) is 4.75 Å². The Bertz CT molecular complexity index is 183. The lowest BCUT2D eigenvalue weighted by Gasteiger charge is -2.24. The first-order valence-electron chi connectivity index (χ1n) is 5.28. The van der Waals surface area contributed by atoms with Crippen LogP contribution in [0, 0.1) is 5.92 Å². The van der Waals surface area contributed by atoms with Gasteiger partial charge in [0.1, 0.15) is 0 Å². The van der Waals surface area contributed by atoms with E-state index in [9.17, 15) is 4.79 Å². The first kappa shape index (κ1) is 11.1. The van der Waals surface area contributed by atoms with E-state index in [1.807, 2.05) is 11.8 Å². The van der Waals surface area contributed by atoms with E-state index < -0.39 is 0 Å². The molecule has 13 heavy (non-hydrogen) atoms. The molecule has 2 atom stereocenters. The number of hydrogen-bond donors (Lipinski definition) is 0. The Labute approximate surface area is 85.7 Å². The molecule has 1 saturated heterocycles. The van der Waals surface area contributed by atoms with Gasteiger partial charge in [-0.3, -0.25) is 4.79 Å². The number of carbonyl (C=O) groups excluding carboxylic acids is 1. The van der Waals surface area contributed by atoms with Crippen molar-refractivity contribution in [3.63, 3.8) is 0 Å². The molecule has 1 nitrogen and oxygen atoms in total. The lowest BCUT2D eigenvalue weighted by molar-refractivity contribution is -0.124. The number of ketones is 1. The summed E-state index contributed by atoms with van der Waals surface area (Å²) >= 11 is 1.86. The van der Waals surface area contributed by atoms with E-state index in [1.54, 1.807) is 0 Å². The molecule has 2 unspecified atom stereocenters. The van der Waals surface area contributed by atoms with Crippen LogP contribution in [0.5, 0.6) is 0 Å². The van der Waals surface area contributed by atoms with E-state index in [2.05, 4.69) is 20.8 Å². The number of rotatable bonds is 4. The second kappa shape index (κ2) is 4.50. The molecule has 0 spiro atoms. The lowest BCUT2D eigenvalue weighted by Crippen LogP contribution is -2.33. The molecule has 0 radical (unpaired) electrons. The second-order valence-electron chi connectivity index (χ2n) is 4.24. The van der Waals surface area contributed by atoms with Crippen LogP contribution in [0.1, 0.15) is 46.5 Å². The molecule has 76 valence electrons. The Morgan fingerprint density at radius 2 is 2.31 bits per heavy atom. The summed E-state index contributed by atoms with van der Waals surface area (Å²) in [5.74, 6) is 1.92. The zero-order valence-corrected chi connectivity index (χ0v) is 9.75. The van der Waals surface area contributed by atoms with E-state index in [0.29, 0.717) is 5.78 Å². The minimum atomic E-state index is -0.0470. The minimum Gasteiger partial charge on any atom is -0.298 e. The van der Waals surface area contributed by atoms with Gasteiger partial charge < -0.3 is 0 Å². The first-order valence-corrected chi connectivity index (χ1v) is 6.27. The summed E-state index contributed by atoms with van der Waals surface area (Å²) < 4.78 is -0.0470. The molecule has 0 aromatic heterocycles. The predicted molar refractivity (Wildman–Crippen MR) is 59.2 cm³/mol. The average Bonchev–Trinajstić information content (AvgIpc) is 2.52. The summed E-state index contributed by atoms with van der Waals surface area (Å²) in [5.41, 5.74) is 0. The minimum absolute atomic E-state index is 0.0470. The van der Waals surface area contributed by atoms with E-state index >= 15 is 0 Å². The molecular formula is C11H20OS. The van der Waals surface area contributed by atoms with Crippen LogP contribution in [0.25, 0.3) is 0 Å². The Morgan fingerprint density at radius 1 is 1.62 bits per heavy atom. The van der Waals surface area contributed by atoms with Crippen LogP contribution in [-0.4, -0.2) is 16.3 Å². The fraction of sp³-hybridized carbons (Fsp3) is 0.909. The zero-order valence-electron chi connectivity index (χ0n) is 8.93. The van der Waals surface area contributed by atoms with Crippen molar-refractivity contribution in [1.29, 1.82) is 0 Å². The van der Waals surface area contributed by atoms with Gasteiger partial charge in [0, 0.05) is 5.92 Å². The summed E-state index contributed by atoms with van der Waals surface area (Å²) in [6, 6.07) is 0. The summed E-state index contributed by atoms with van der Waals surface area (Å²) in [6.45, 7) is 6.35. The standard InChI is InChI=1S/C11H20OS/c1-4-6-9(2)10(12)11(3)7-5-8-13-11/h9H,4-8H2,1-3H3. The van der Waals surface area contributed by atoms with Crippen molar-refractivity contribution < 1.29 is 4.79 Å². The highest BCUT2D eigenvalue weighted by atomic mass is 32.2. The van der Waals surface area contributed by atoms with Crippen LogP contribution in [-0.2, 0) is 4.79 Å². The molecule has 0 bridgehead atoms. The quantitative estimate of drug-likeness (QED) is 0.693. The molecular weight excluding hydrogens is 180 g/mol. The fourth-order valence-corrected chi connectivity index (χ4v) is 3.43. The maximum Gasteiger partial charge on any atom is 0.151 e. The molecule has 0 aromatic rings. The number of Topliss-reactive ketones (excluding diaryl/α,β-unsaturated/α-hetero) is 1. The Kier molecular flexibility index (Phi) is 3.84. The summed E-state index contributed by atoms with van der Waals surface area (Å²) in [5, 5.41) is 0. The van der Waals surface area contributed by atoms with Crippen LogP contribution >= 0.6 is 11.8 Å². The third kappa shape index (κ3) is 2.49. The summed E-state index contributed by atoms with van der Waals surface area (Å²) in [4.78, 5) is 12.0. The van der Waals surface area contributed by atoms with E-state index in [-0.39, 0.29) is 10.7 Å². The molecule has 1 rings (SSSR count). The van der Waals surface area contributed by atoms with Crippen LogP contribution in [0.15, 0.2) is 0 Å². The SMILES string of the molecule is CCCC(C)C(=O)C1(C)CCCS1. The van der Waals surface area contributed by atoms with Crippen molar-refractivity contribution in [3.8, 4) is 0 Å². The molecule has 1 aliphatic heterocycles. The molecule has 2 heteroatoms. The van der Waals surface area contributed by atoms with Crippen LogP contribution < -0.4 is 0 Å². The second-order valence-corrected chi connectivity index (χ2v) is 5.83. The molecule has 0 aliphatic carbocycles. The van der Waals surface area contributed by atoms with Crippen LogP contribution in [0.2, 0.25) is 0 Å². The summed E-state index contributed by atoms with van der Waals surface area (Å²) in [6.07, 6.45) is 4.47. The molecule has 0 amide bonds. The molecule has 1 fully saturated rings. The monoisotopic (exact) mass is 200 g/mol. The topological polar surface area (TPSA) is 17.1 Å². The van der Waals surface area contributed by atoms with E-state index in [1.165, 1.54) is 12.2 Å². The third-order valence-electron chi connectivity index (χ3n) is 2.91. The fourth-order valence-electron chi connectivity index (χ4n) is 2.06. The van der Waals surface area contributed by atoms with Crippen molar-refractivity contribution in [1.82, 2.24) is 0 Å². The van der Waals surface area contributed by atoms with Gasteiger partial charge >= 0.3 is 0 Å². The van der Waals surface area contributed by atoms with Gasteiger partial charge in [0.25, 0.3) is 0 Å². The molecule has 0 N–H and O–H groups in total. The Balaban J connectivity index is 2.54. The number of hydrogen-bond acceptors (Lipinski definition) is 2. The van der Waals surface area contributed by atoms with Crippen molar-refractivity contribution >= 4 is 17.5 Å². The molecule has 0 aromatic carbocycles. The zero-order chi connectivity index (χ0) is 9.90. The van der Waals surface area contributed by atoms with Gasteiger partial charge in [-0.05, 0) is 31.9 Å². The average molecular weight is 200 g/mol. The number of thioether (sulfide) groups is 1. The normalized spacial score (nSPS) is 30.4. The highest BCUT2D eigenvalue weighted by molar-refractivity contribution is 8.01. The molecule has 1 aliphatic rings. The maximum atomic E-state index is 12.0. The summed E-state index contributed by atoms with van der Waals surface area (Å²) in [7, 11) is 0. The van der Waals surface area contributed by atoms with E-state index in [0.717, 1.165) is 19.3 Å². The van der Waals surface area contributed by atoms with Gasteiger partial charge in [0.2, 0.25) is 0 Å². The van der Waals surface area contributed by atoms with Crippen molar-refractivity contribution in [3.05, 3.63) is 0 Å². The highest BCUT2D eigenvalue weighted by Gasteiger charge is 2.38. The Hall–Kier alpha value is 0.0200. The third-order valence-corrected chi connectivity index (χ3v) is 4.44. The smallest absolute Gasteiger partial charge is 0.151 e. The van der Waals surface area contributed by atoms with Crippen molar-refractivity contribution in [2.24, 2.45) is 5.92 Å². The lowest BCUT2D eigenvalue weighted by atomic mass is 9.89. The van der Waals surface area contributed by atoms with Gasteiger partial charge in [-0.25, -0.2) is 0 Å².